The number of hydrogen-bond acceptors (Lipinski definition) is 7. The molecule has 8 nitrogen and oxygen atoms in total. The fourth-order valence-electron chi connectivity index (χ4n) is 2.70. The summed E-state index contributed by atoms with van der Waals surface area (Å²) < 4.78 is 17.1. The molecule has 0 bridgehead atoms. The molecule has 27 heavy (non-hydrogen) atoms. The number of carbonyl (C=O) groups is 1. The lowest BCUT2D eigenvalue weighted by molar-refractivity contribution is -0.119. The van der Waals surface area contributed by atoms with Crippen molar-refractivity contribution in [3.05, 3.63) is 43.8 Å². The maximum atomic E-state index is 12.7. The fourth-order valence-corrected chi connectivity index (χ4v) is 4.05. The first-order valence-corrected chi connectivity index (χ1v) is 9.24. The molecule has 1 aliphatic rings. The van der Waals surface area contributed by atoms with Gasteiger partial charge in [0.2, 0.25) is 11.6 Å². The Morgan fingerprint density at radius 2 is 2.15 bits per heavy atom. The van der Waals surface area contributed by atoms with E-state index in [-0.39, 0.29) is 23.7 Å². The third-order valence-corrected chi connectivity index (χ3v) is 5.58. The van der Waals surface area contributed by atoms with Crippen molar-refractivity contribution in [1.29, 1.82) is 0 Å². The summed E-state index contributed by atoms with van der Waals surface area (Å²) in [6.45, 7) is 3.66. The van der Waals surface area contributed by atoms with E-state index in [1.807, 2.05) is 13.8 Å². The largest absolute Gasteiger partial charge is 0.484 e. The van der Waals surface area contributed by atoms with Crippen LogP contribution in [0.1, 0.15) is 10.4 Å². The number of aromatic amines is 1. The zero-order chi connectivity index (χ0) is 19.1. The molecule has 3 heterocycles. The first kappa shape index (κ1) is 17.6. The van der Waals surface area contributed by atoms with E-state index < -0.39 is 5.91 Å². The first-order chi connectivity index (χ1) is 12.9. The van der Waals surface area contributed by atoms with Crippen molar-refractivity contribution in [2.75, 3.05) is 18.8 Å². The molecule has 10 heteroatoms. The highest BCUT2D eigenvalue weighted by molar-refractivity contribution is 7.71. The molecule has 1 amide bonds. The molecular weight excluding hydrogens is 390 g/mol. The molecule has 0 saturated heterocycles. The molecule has 3 aromatic rings. The van der Waals surface area contributed by atoms with Gasteiger partial charge in [0.05, 0.1) is 5.39 Å². The fraction of sp³-hybridized carbons (Fsp3) is 0.235. The van der Waals surface area contributed by atoms with E-state index in [2.05, 4.69) is 10.4 Å². The van der Waals surface area contributed by atoms with E-state index >= 15 is 0 Å². The Morgan fingerprint density at radius 1 is 1.37 bits per heavy atom. The average molecular weight is 405 g/mol. The summed E-state index contributed by atoms with van der Waals surface area (Å²) in [5, 5.41) is 0.517. The monoisotopic (exact) mass is 405 g/mol. The average Bonchev–Trinajstić information content (AvgIpc) is 3.21. The van der Waals surface area contributed by atoms with Gasteiger partial charge in [-0.1, -0.05) is 0 Å². The number of nitrogens with zero attached hydrogens (tertiary/aromatic N) is 1. The van der Waals surface area contributed by atoms with E-state index in [0.29, 0.717) is 27.5 Å². The van der Waals surface area contributed by atoms with Gasteiger partial charge >= 0.3 is 0 Å². The van der Waals surface area contributed by atoms with Crippen LogP contribution in [0.25, 0.3) is 10.2 Å². The number of hydrogen-bond donors (Lipinski definition) is 2. The SMILES string of the molecule is Cc1sc2[nH]c(=S)n(NC(=O)COc3ccc4c(c3)OCO4)c(=O)c2c1C. The minimum absolute atomic E-state index is 0.116. The van der Waals surface area contributed by atoms with Crippen LogP contribution in [-0.4, -0.2) is 29.0 Å². The molecule has 0 aliphatic carbocycles. The predicted molar refractivity (Wildman–Crippen MR) is 103 cm³/mol. The molecule has 0 unspecified atom stereocenters. The minimum atomic E-state index is -0.516. The number of amides is 1. The molecule has 2 N–H and O–H groups in total. The van der Waals surface area contributed by atoms with Gasteiger partial charge < -0.3 is 19.2 Å². The van der Waals surface area contributed by atoms with Crippen LogP contribution in [-0.2, 0) is 4.79 Å². The van der Waals surface area contributed by atoms with Crippen LogP contribution in [0.3, 0.4) is 0 Å². The summed E-state index contributed by atoms with van der Waals surface area (Å²) in [5.74, 6) is 1.12. The summed E-state index contributed by atoms with van der Waals surface area (Å²) in [4.78, 5) is 29.7. The maximum Gasteiger partial charge on any atom is 0.282 e. The second-order valence-electron chi connectivity index (χ2n) is 5.90. The Morgan fingerprint density at radius 3 is 2.96 bits per heavy atom. The lowest BCUT2D eigenvalue weighted by Gasteiger charge is -2.10. The number of aryl methyl sites for hydroxylation is 2. The first-order valence-electron chi connectivity index (χ1n) is 8.01. The van der Waals surface area contributed by atoms with Crippen molar-refractivity contribution in [2.45, 2.75) is 13.8 Å². The van der Waals surface area contributed by atoms with Crippen molar-refractivity contribution in [2.24, 2.45) is 0 Å². The molecule has 0 atom stereocenters. The Balaban J connectivity index is 1.52. The third kappa shape index (κ3) is 3.17. The summed E-state index contributed by atoms with van der Waals surface area (Å²) in [7, 11) is 0. The van der Waals surface area contributed by atoms with Crippen LogP contribution in [0.4, 0.5) is 0 Å². The Bertz CT molecular complexity index is 1180. The van der Waals surface area contributed by atoms with Crippen LogP contribution in [0.5, 0.6) is 17.2 Å². The second kappa shape index (κ2) is 6.71. The lowest BCUT2D eigenvalue weighted by Crippen LogP contribution is -2.36. The molecular formula is C17H15N3O5S2. The highest BCUT2D eigenvalue weighted by Crippen LogP contribution is 2.35. The number of thiophene rings is 1. The molecule has 2 aromatic heterocycles. The number of nitrogens with one attached hydrogen (secondary N) is 2. The van der Waals surface area contributed by atoms with Crippen LogP contribution in [0.2, 0.25) is 0 Å². The number of benzene rings is 1. The normalized spacial score (nSPS) is 12.4. The minimum Gasteiger partial charge on any atom is -0.484 e. The number of rotatable bonds is 4. The highest BCUT2D eigenvalue weighted by atomic mass is 32.1. The maximum absolute atomic E-state index is 12.7. The smallest absolute Gasteiger partial charge is 0.282 e. The molecule has 1 aromatic carbocycles. The van der Waals surface area contributed by atoms with Crippen LogP contribution in [0, 0.1) is 18.6 Å². The van der Waals surface area contributed by atoms with Gasteiger partial charge in [0.25, 0.3) is 11.5 Å². The zero-order valence-corrected chi connectivity index (χ0v) is 16.1. The van der Waals surface area contributed by atoms with E-state index in [1.54, 1.807) is 18.2 Å². The summed E-state index contributed by atoms with van der Waals surface area (Å²) in [6, 6.07) is 5.01. The van der Waals surface area contributed by atoms with Gasteiger partial charge in [-0.05, 0) is 43.8 Å². The van der Waals surface area contributed by atoms with Gasteiger partial charge in [0.15, 0.2) is 18.1 Å². The number of carbonyl (C=O) groups excluding carboxylic acids is 1. The molecule has 0 radical (unpaired) electrons. The summed E-state index contributed by atoms with van der Waals surface area (Å²) >= 11 is 6.65. The predicted octanol–water partition coefficient (Wildman–Crippen LogP) is 2.62. The highest BCUT2D eigenvalue weighted by Gasteiger charge is 2.16. The number of fused-ring (bicyclic) bond motifs is 2. The standard InChI is InChI=1S/C17H15N3O5S2/c1-8-9(2)27-15-14(8)16(22)20(17(26)18-15)19-13(21)6-23-10-3-4-11-12(5-10)25-7-24-11/h3-5H,6-7H2,1-2H3,(H,18,26)(H,19,21). The van der Waals surface area contributed by atoms with Gasteiger partial charge in [0.1, 0.15) is 10.6 Å². The topological polar surface area (TPSA) is 94.6 Å². The van der Waals surface area contributed by atoms with Crippen molar-refractivity contribution in [1.82, 2.24) is 9.66 Å². The number of ether oxygens (including phenoxy) is 3. The van der Waals surface area contributed by atoms with E-state index in [9.17, 15) is 9.59 Å². The van der Waals surface area contributed by atoms with E-state index in [0.717, 1.165) is 15.1 Å². The van der Waals surface area contributed by atoms with E-state index in [4.69, 9.17) is 26.4 Å². The molecule has 0 fully saturated rings. The molecule has 140 valence electrons. The molecule has 1 aliphatic heterocycles. The lowest BCUT2D eigenvalue weighted by atomic mass is 10.2. The van der Waals surface area contributed by atoms with Gasteiger partial charge in [-0.25, -0.2) is 0 Å². The quantitative estimate of drug-likeness (QED) is 0.648. The number of aromatic nitrogens is 2. The Labute approximate surface area is 162 Å². The second-order valence-corrected chi connectivity index (χ2v) is 7.51. The van der Waals surface area contributed by atoms with E-state index in [1.165, 1.54) is 11.3 Å². The van der Waals surface area contributed by atoms with Crippen LogP contribution < -0.4 is 25.2 Å². The van der Waals surface area contributed by atoms with Gasteiger partial charge in [-0.2, -0.15) is 4.68 Å². The number of H-pyrrole nitrogens is 1. The van der Waals surface area contributed by atoms with Crippen LogP contribution in [0.15, 0.2) is 23.0 Å². The Kier molecular flexibility index (Phi) is 4.36. The summed E-state index contributed by atoms with van der Waals surface area (Å²) in [5.41, 5.74) is 2.98. The van der Waals surface area contributed by atoms with Crippen molar-refractivity contribution >= 4 is 39.7 Å². The Hall–Kier alpha value is -2.85. The van der Waals surface area contributed by atoms with Gasteiger partial charge in [0, 0.05) is 10.9 Å². The van der Waals surface area contributed by atoms with Crippen molar-refractivity contribution < 1.29 is 19.0 Å². The van der Waals surface area contributed by atoms with Crippen molar-refractivity contribution in [3.8, 4) is 17.2 Å². The van der Waals surface area contributed by atoms with Gasteiger partial charge in [-0.3, -0.25) is 15.0 Å². The zero-order valence-electron chi connectivity index (χ0n) is 14.5. The third-order valence-electron chi connectivity index (χ3n) is 4.18. The molecule has 0 spiro atoms. The molecule has 4 rings (SSSR count). The van der Waals surface area contributed by atoms with Crippen LogP contribution >= 0.6 is 23.6 Å². The van der Waals surface area contributed by atoms with Crippen molar-refractivity contribution in [3.63, 3.8) is 0 Å². The molecule has 0 saturated carbocycles. The van der Waals surface area contributed by atoms with Gasteiger partial charge in [-0.15, -0.1) is 11.3 Å². The summed E-state index contributed by atoms with van der Waals surface area (Å²) in [6.07, 6.45) is 0.